The zero-order chi connectivity index (χ0) is 20.5. The number of rotatable bonds is 10. The topological polar surface area (TPSA) is 81.7 Å². The first-order valence-corrected chi connectivity index (χ1v) is 10.5. The second kappa shape index (κ2) is 11.1. The smallest absolute Gasteiger partial charge is 0.328 e. The van der Waals surface area contributed by atoms with Crippen LogP contribution in [0.2, 0.25) is 0 Å². The molecular formula is C21H29NO5S. The standard InChI is InChI=1S/C21H29NO5S/c1-3-26-19(23)12-11-18(21(25)27-4-2)22-20(24)15-7-5-14(6-8-15)17-10-9-16(17)13-28/h5-8,16-18,28H,3-4,9-13H2,1-2H3,(H,22,24)/t16-,17-,18-/m0/s1. The highest BCUT2D eigenvalue weighted by Gasteiger charge is 2.31. The van der Waals surface area contributed by atoms with Gasteiger partial charge >= 0.3 is 11.9 Å². The number of esters is 2. The average Bonchev–Trinajstić information content (AvgIpc) is 2.65. The number of nitrogens with one attached hydrogen (secondary N) is 1. The van der Waals surface area contributed by atoms with E-state index >= 15 is 0 Å². The lowest BCUT2D eigenvalue weighted by atomic mass is 9.71. The summed E-state index contributed by atoms with van der Waals surface area (Å²) in [5.41, 5.74) is 1.68. The van der Waals surface area contributed by atoms with Crippen molar-refractivity contribution in [2.75, 3.05) is 19.0 Å². The predicted octanol–water partition coefficient (Wildman–Crippen LogP) is 3.11. The molecule has 7 heteroatoms. The van der Waals surface area contributed by atoms with E-state index in [9.17, 15) is 14.4 Å². The van der Waals surface area contributed by atoms with Crippen LogP contribution in [-0.2, 0) is 19.1 Å². The molecule has 1 aromatic rings. The lowest BCUT2D eigenvalue weighted by molar-refractivity contribution is -0.146. The molecule has 2 rings (SSSR count). The Morgan fingerprint density at radius 2 is 1.79 bits per heavy atom. The number of hydrogen-bond acceptors (Lipinski definition) is 6. The van der Waals surface area contributed by atoms with Gasteiger partial charge in [0.15, 0.2) is 0 Å². The van der Waals surface area contributed by atoms with E-state index < -0.39 is 18.0 Å². The molecule has 1 aliphatic carbocycles. The molecule has 6 nitrogen and oxygen atoms in total. The average molecular weight is 408 g/mol. The van der Waals surface area contributed by atoms with Gasteiger partial charge in [-0.25, -0.2) is 4.79 Å². The SMILES string of the molecule is CCOC(=O)CC[C@H](NC(=O)c1ccc([C@@H]2CC[C@H]2CS)cc1)C(=O)OCC. The summed E-state index contributed by atoms with van der Waals surface area (Å²) < 4.78 is 9.90. The van der Waals surface area contributed by atoms with E-state index in [1.807, 2.05) is 12.1 Å². The maximum absolute atomic E-state index is 12.6. The fraction of sp³-hybridized carbons (Fsp3) is 0.571. The van der Waals surface area contributed by atoms with Crippen LogP contribution in [0.1, 0.15) is 61.4 Å². The summed E-state index contributed by atoms with van der Waals surface area (Å²) in [6, 6.07) is 6.58. The molecule has 1 aromatic carbocycles. The molecule has 0 aliphatic heterocycles. The molecule has 1 fully saturated rings. The highest BCUT2D eigenvalue weighted by molar-refractivity contribution is 7.80. The quantitative estimate of drug-likeness (QED) is 0.460. The van der Waals surface area contributed by atoms with E-state index in [0.29, 0.717) is 17.4 Å². The van der Waals surface area contributed by atoms with Gasteiger partial charge in [-0.05, 0) is 68.4 Å². The molecule has 0 radical (unpaired) electrons. The molecule has 0 unspecified atom stereocenters. The lowest BCUT2D eigenvalue weighted by Gasteiger charge is -2.36. The summed E-state index contributed by atoms with van der Waals surface area (Å²) in [6.45, 7) is 3.89. The van der Waals surface area contributed by atoms with Crippen molar-refractivity contribution in [2.45, 2.75) is 51.5 Å². The van der Waals surface area contributed by atoms with E-state index in [-0.39, 0.29) is 32.0 Å². The largest absolute Gasteiger partial charge is 0.466 e. The molecule has 0 spiro atoms. The third kappa shape index (κ3) is 5.99. The van der Waals surface area contributed by atoms with E-state index in [0.717, 1.165) is 12.2 Å². The summed E-state index contributed by atoms with van der Waals surface area (Å²) >= 11 is 4.39. The van der Waals surface area contributed by atoms with Crippen LogP contribution < -0.4 is 5.32 Å². The van der Waals surface area contributed by atoms with Crippen molar-refractivity contribution in [3.8, 4) is 0 Å². The molecule has 0 heterocycles. The predicted molar refractivity (Wildman–Crippen MR) is 110 cm³/mol. The third-order valence-electron chi connectivity index (χ3n) is 5.07. The van der Waals surface area contributed by atoms with Gasteiger partial charge in [-0.3, -0.25) is 9.59 Å². The Bertz CT molecular complexity index is 674. The molecule has 1 amide bonds. The van der Waals surface area contributed by atoms with Crippen LogP contribution in [0.4, 0.5) is 0 Å². The van der Waals surface area contributed by atoms with E-state index in [1.54, 1.807) is 26.0 Å². The summed E-state index contributed by atoms with van der Waals surface area (Å²) in [7, 11) is 0. The van der Waals surface area contributed by atoms with Crippen LogP contribution >= 0.6 is 12.6 Å². The molecule has 1 saturated carbocycles. The zero-order valence-electron chi connectivity index (χ0n) is 16.5. The number of amides is 1. The Kier molecular flexibility index (Phi) is 8.83. The van der Waals surface area contributed by atoms with Crippen LogP contribution in [0.15, 0.2) is 24.3 Å². The second-order valence-corrected chi connectivity index (χ2v) is 7.24. The van der Waals surface area contributed by atoms with Crippen molar-refractivity contribution in [2.24, 2.45) is 5.92 Å². The normalized spacial score (nSPS) is 19.2. The summed E-state index contributed by atoms with van der Waals surface area (Å²) in [6.07, 6.45) is 2.50. The van der Waals surface area contributed by atoms with Gasteiger partial charge in [0.2, 0.25) is 0 Å². The monoisotopic (exact) mass is 407 g/mol. The number of thiol groups is 1. The van der Waals surface area contributed by atoms with Crippen LogP contribution in [0.5, 0.6) is 0 Å². The van der Waals surface area contributed by atoms with Gasteiger partial charge in [0.25, 0.3) is 5.91 Å². The molecule has 0 bridgehead atoms. The van der Waals surface area contributed by atoms with Crippen molar-refractivity contribution < 1.29 is 23.9 Å². The van der Waals surface area contributed by atoms with Crippen molar-refractivity contribution >= 4 is 30.5 Å². The molecule has 0 aromatic heterocycles. The van der Waals surface area contributed by atoms with Gasteiger partial charge in [-0.15, -0.1) is 0 Å². The minimum Gasteiger partial charge on any atom is -0.466 e. The van der Waals surface area contributed by atoms with Crippen LogP contribution in [-0.4, -0.2) is 42.9 Å². The van der Waals surface area contributed by atoms with Gasteiger partial charge in [-0.1, -0.05) is 12.1 Å². The molecule has 28 heavy (non-hydrogen) atoms. The Balaban J connectivity index is 1.99. The highest BCUT2D eigenvalue weighted by Crippen LogP contribution is 2.42. The molecule has 3 atom stereocenters. The van der Waals surface area contributed by atoms with Gasteiger partial charge in [0, 0.05) is 12.0 Å². The maximum Gasteiger partial charge on any atom is 0.328 e. The fourth-order valence-electron chi connectivity index (χ4n) is 3.34. The third-order valence-corrected chi connectivity index (χ3v) is 5.54. The summed E-state index contributed by atoms with van der Waals surface area (Å²) in [5.74, 6) is 0.644. The first-order chi connectivity index (χ1) is 13.5. The van der Waals surface area contributed by atoms with Crippen LogP contribution in [0.25, 0.3) is 0 Å². The van der Waals surface area contributed by atoms with E-state index in [4.69, 9.17) is 9.47 Å². The summed E-state index contributed by atoms with van der Waals surface area (Å²) in [4.78, 5) is 36.3. The zero-order valence-corrected chi connectivity index (χ0v) is 17.4. The summed E-state index contributed by atoms with van der Waals surface area (Å²) in [5, 5.41) is 2.68. The van der Waals surface area contributed by atoms with Crippen molar-refractivity contribution in [3.63, 3.8) is 0 Å². The second-order valence-electron chi connectivity index (χ2n) is 6.87. The Morgan fingerprint density at radius 3 is 2.32 bits per heavy atom. The van der Waals surface area contributed by atoms with Crippen molar-refractivity contribution in [1.82, 2.24) is 5.32 Å². The first-order valence-electron chi connectivity index (χ1n) is 9.84. The van der Waals surface area contributed by atoms with Gasteiger partial charge < -0.3 is 14.8 Å². The Labute approximate surface area is 171 Å². The highest BCUT2D eigenvalue weighted by atomic mass is 32.1. The number of benzene rings is 1. The minimum absolute atomic E-state index is 0.0311. The molecule has 154 valence electrons. The van der Waals surface area contributed by atoms with E-state index in [2.05, 4.69) is 17.9 Å². The minimum atomic E-state index is -0.892. The van der Waals surface area contributed by atoms with Gasteiger partial charge in [0.1, 0.15) is 6.04 Å². The number of hydrogen-bond donors (Lipinski definition) is 2. The first kappa shape index (κ1) is 22.3. The molecule has 0 saturated heterocycles. The lowest BCUT2D eigenvalue weighted by Crippen LogP contribution is -2.42. The number of ether oxygens (including phenoxy) is 2. The van der Waals surface area contributed by atoms with E-state index in [1.165, 1.54) is 12.0 Å². The van der Waals surface area contributed by atoms with Crippen molar-refractivity contribution in [3.05, 3.63) is 35.4 Å². The van der Waals surface area contributed by atoms with Gasteiger partial charge in [0.05, 0.1) is 13.2 Å². The van der Waals surface area contributed by atoms with Gasteiger partial charge in [-0.2, -0.15) is 12.6 Å². The van der Waals surface area contributed by atoms with Crippen LogP contribution in [0, 0.1) is 5.92 Å². The van der Waals surface area contributed by atoms with Crippen LogP contribution in [0.3, 0.4) is 0 Å². The Hall–Kier alpha value is -2.02. The molecule has 1 N–H and O–H groups in total. The fourth-order valence-corrected chi connectivity index (χ4v) is 3.77. The van der Waals surface area contributed by atoms with Crippen molar-refractivity contribution in [1.29, 1.82) is 0 Å². The maximum atomic E-state index is 12.6. The Morgan fingerprint density at radius 1 is 1.11 bits per heavy atom. The molecular weight excluding hydrogens is 378 g/mol. The number of carbonyl (C=O) groups excluding carboxylic acids is 3. The number of carbonyl (C=O) groups is 3. The molecule has 1 aliphatic rings.